The van der Waals surface area contributed by atoms with Gasteiger partial charge in [0, 0.05) is 13.5 Å². The lowest BCUT2D eigenvalue weighted by Gasteiger charge is -2.28. The van der Waals surface area contributed by atoms with Crippen LogP contribution in [0.3, 0.4) is 0 Å². The van der Waals surface area contributed by atoms with Gasteiger partial charge in [0.1, 0.15) is 12.1 Å². The molecule has 100 valence electrons. The first-order valence-electron chi connectivity index (χ1n) is 6.66. The van der Waals surface area contributed by atoms with Crippen molar-refractivity contribution in [1.29, 1.82) is 0 Å². The molecule has 0 aromatic heterocycles. The molecule has 0 bridgehead atoms. The second kappa shape index (κ2) is 7.67. The topological polar surface area (TPSA) is 61.6 Å². The Labute approximate surface area is 104 Å². The fourth-order valence-corrected chi connectivity index (χ4v) is 2.22. The van der Waals surface area contributed by atoms with Crippen molar-refractivity contribution in [1.82, 2.24) is 0 Å². The van der Waals surface area contributed by atoms with Crippen LogP contribution in [0, 0.1) is 0 Å². The van der Waals surface area contributed by atoms with Crippen LogP contribution in [0.4, 0.5) is 0 Å². The molecule has 0 aromatic rings. The molecule has 0 radical (unpaired) electrons. The number of hydrogen-bond donors (Lipinski definition) is 1. The lowest BCUT2D eigenvalue weighted by Crippen LogP contribution is -2.37. The highest BCUT2D eigenvalue weighted by Gasteiger charge is 2.26. The molecule has 0 heterocycles. The number of carbonyl (C=O) groups is 1. The van der Waals surface area contributed by atoms with E-state index in [2.05, 4.69) is 6.92 Å². The molecule has 0 amide bonds. The molecule has 1 rings (SSSR count). The summed E-state index contributed by atoms with van der Waals surface area (Å²) in [6, 6.07) is -0.460. The molecule has 2 N–H and O–H groups in total. The van der Waals surface area contributed by atoms with E-state index in [1.807, 2.05) is 0 Å². The maximum Gasteiger partial charge on any atom is 0.323 e. The molecule has 0 aliphatic heterocycles. The summed E-state index contributed by atoms with van der Waals surface area (Å²) in [4.78, 5) is 11.7. The number of carbonyl (C=O) groups excluding carboxylic acids is 1. The van der Waals surface area contributed by atoms with E-state index in [-0.39, 0.29) is 18.2 Å². The highest BCUT2D eigenvalue weighted by Crippen LogP contribution is 2.23. The van der Waals surface area contributed by atoms with Gasteiger partial charge in [-0.2, -0.15) is 0 Å². The van der Waals surface area contributed by atoms with Crippen molar-refractivity contribution in [3.05, 3.63) is 0 Å². The minimum absolute atomic E-state index is 0.00567. The van der Waals surface area contributed by atoms with Gasteiger partial charge in [0.05, 0.1) is 6.10 Å². The van der Waals surface area contributed by atoms with Crippen molar-refractivity contribution >= 4 is 5.97 Å². The number of esters is 1. The lowest BCUT2D eigenvalue weighted by molar-refractivity contribution is -0.154. The minimum atomic E-state index is -0.460. The van der Waals surface area contributed by atoms with E-state index in [0.717, 1.165) is 44.9 Å². The Bertz CT molecular complexity index is 233. The summed E-state index contributed by atoms with van der Waals surface area (Å²) < 4.78 is 10.7. The summed E-state index contributed by atoms with van der Waals surface area (Å²) in [7, 11) is 1.71. The molecule has 17 heavy (non-hydrogen) atoms. The van der Waals surface area contributed by atoms with E-state index in [1.165, 1.54) is 0 Å². The SMILES string of the molecule is CCCC[C@H](N)C(=O)OC1CCCC(OC)C1. The van der Waals surface area contributed by atoms with Crippen molar-refractivity contribution in [2.24, 2.45) is 5.73 Å². The summed E-state index contributed by atoms with van der Waals surface area (Å²) >= 11 is 0. The monoisotopic (exact) mass is 243 g/mol. The van der Waals surface area contributed by atoms with E-state index < -0.39 is 6.04 Å². The highest BCUT2D eigenvalue weighted by molar-refractivity contribution is 5.75. The van der Waals surface area contributed by atoms with Gasteiger partial charge in [-0.25, -0.2) is 0 Å². The molecule has 1 aliphatic rings. The molecular weight excluding hydrogens is 218 g/mol. The number of ether oxygens (including phenoxy) is 2. The first kappa shape index (κ1) is 14.5. The Morgan fingerprint density at radius 3 is 2.76 bits per heavy atom. The zero-order chi connectivity index (χ0) is 12.7. The third kappa shape index (κ3) is 5.04. The Balaban J connectivity index is 2.29. The van der Waals surface area contributed by atoms with Crippen LogP contribution < -0.4 is 5.73 Å². The summed E-state index contributed by atoms with van der Waals surface area (Å²) in [5.74, 6) is -0.250. The Kier molecular flexibility index (Phi) is 6.52. The average molecular weight is 243 g/mol. The van der Waals surface area contributed by atoms with Crippen LogP contribution in [0.25, 0.3) is 0 Å². The fourth-order valence-electron chi connectivity index (χ4n) is 2.22. The van der Waals surface area contributed by atoms with Crippen LogP contribution in [0.5, 0.6) is 0 Å². The first-order valence-corrected chi connectivity index (χ1v) is 6.66. The van der Waals surface area contributed by atoms with Crippen molar-refractivity contribution < 1.29 is 14.3 Å². The van der Waals surface area contributed by atoms with Gasteiger partial charge in [0.25, 0.3) is 0 Å². The van der Waals surface area contributed by atoms with E-state index in [9.17, 15) is 4.79 Å². The zero-order valence-electron chi connectivity index (χ0n) is 11.0. The van der Waals surface area contributed by atoms with Gasteiger partial charge in [-0.15, -0.1) is 0 Å². The van der Waals surface area contributed by atoms with E-state index in [4.69, 9.17) is 15.2 Å². The molecular formula is C13H25NO3. The van der Waals surface area contributed by atoms with Crippen molar-refractivity contribution in [3.63, 3.8) is 0 Å². The molecule has 4 heteroatoms. The normalized spacial score (nSPS) is 26.5. The number of methoxy groups -OCH3 is 1. The van der Waals surface area contributed by atoms with Crippen molar-refractivity contribution in [2.75, 3.05) is 7.11 Å². The molecule has 1 aliphatic carbocycles. The van der Waals surface area contributed by atoms with E-state index in [0.29, 0.717) is 0 Å². The van der Waals surface area contributed by atoms with Crippen LogP contribution in [-0.2, 0) is 14.3 Å². The van der Waals surface area contributed by atoms with Gasteiger partial charge >= 0.3 is 5.97 Å². The second-order valence-corrected chi connectivity index (χ2v) is 4.83. The van der Waals surface area contributed by atoms with Gasteiger partial charge in [-0.3, -0.25) is 4.79 Å². The van der Waals surface area contributed by atoms with Gasteiger partial charge in [0.15, 0.2) is 0 Å². The Morgan fingerprint density at radius 2 is 2.12 bits per heavy atom. The molecule has 0 aromatic carbocycles. The first-order chi connectivity index (χ1) is 8.17. The molecule has 3 atom stereocenters. The molecule has 1 saturated carbocycles. The maximum atomic E-state index is 11.7. The summed E-state index contributed by atoms with van der Waals surface area (Å²) in [6.45, 7) is 2.09. The Morgan fingerprint density at radius 1 is 1.41 bits per heavy atom. The fraction of sp³-hybridized carbons (Fsp3) is 0.923. The van der Waals surface area contributed by atoms with Gasteiger partial charge in [-0.1, -0.05) is 19.8 Å². The van der Waals surface area contributed by atoms with E-state index in [1.54, 1.807) is 7.11 Å². The predicted octanol–water partition coefficient (Wildman–Crippen LogP) is 2.00. The smallest absolute Gasteiger partial charge is 0.323 e. The minimum Gasteiger partial charge on any atom is -0.461 e. The maximum absolute atomic E-state index is 11.7. The largest absolute Gasteiger partial charge is 0.461 e. The summed E-state index contributed by atoms with van der Waals surface area (Å²) in [6.07, 6.45) is 6.83. The van der Waals surface area contributed by atoms with Crippen LogP contribution in [0.2, 0.25) is 0 Å². The van der Waals surface area contributed by atoms with Crippen LogP contribution in [0.15, 0.2) is 0 Å². The average Bonchev–Trinajstić information content (AvgIpc) is 2.36. The number of nitrogens with two attached hydrogens (primary N) is 1. The van der Waals surface area contributed by atoms with Crippen molar-refractivity contribution in [2.45, 2.75) is 70.1 Å². The van der Waals surface area contributed by atoms with E-state index >= 15 is 0 Å². The van der Waals surface area contributed by atoms with Gasteiger partial charge in [0.2, 0.25) is 0 Å². The molecule has 0 saturated heterocycles. The summed E-state index contributed by atoms with van der Waals surface area (Å²) in [5, 5.41) is 0. The predicted molar refractivity (Wildman–Crippen MR) is 66.6 cm³/mol. The quantitative estimate of drug-likeness (QED) is 0.725. The number of unbranched alkanes of at least 4 members (excludes halogenated alkanes) is 1. The lowest BCUT2D eigenvalue weighted by atomic mass is 9.95. The molecule has 0 spiro atoms. The summed E-state index contributed by atoms with van der Waals surface area (Å²) in [5.41, 5.74) is 5.78. The highest BCUT2D eigenvalue weighted by atomic mass is 16.5. The molecule has 2 unspecified atom stereocenters. The van der Waals surface area contributed by atoms with Gasteiger partial charge in [-0.05, 0) is 25.7 Å². The van der Waals surface area contributed by atoms with Crippen LogP contribution >= 0.6 is 0 Å². The second-order valence-electron chi connectivity index (χ2n) is 4.83. The molecule has 4 nitrogen and oxygen atoms in total. The van der Waals surface area contributed by atoms with Gasteiger partial charge < -0.3 is 15.2 Å². The third-order valence-corrected chi connectivity index (χ3v) is 3.37. The number of hydrogen-bond acceptors (Lipinski definition) is 4. The third-order valence-electron chi connectivity index (χ3n) is 3.37. The van der Waals surface area contributed by atoms with Crippen LogP contribution in [-0.4, -0.2) is 31.3 Å². The van der Waals surface area contributed by atoms with Crippen molar-refractivity contribution in [3.8, 4) is 0 Å². The molecule has 1 fully saturated rings. The van der Waals surface area contributed by atoms with Crippen LogP contribution in [0.1, 0.15) is 51.9 Å². The number of rotatable bonds is 6. The standard InChI is InChI=1S/C13H25NO3/c1-3-4-8-12(14)13(15)17-11-7-5-6-10(9-11)16-2/h10-12H,3-9,14H2,1-2H3/t10?,11?,12-/m0/s1. The Hall–Kier alpha value is -0.610. The zero-order valence-corrected chi connectivity index (χ0v) is 11.0.